The van der Waals surface area contributed by atoms with Crippen LogP contribution in [0.5, 0.6) is 0 Å². The summed E-state index contributed by atoms with van der Waals surface area (Å²) in [6.07, 6.45) is 1.86. The Kier molecular flexibility index (Phi) is 5.37. The minimum Gasteiger partial charge on any atom is -0.343 e. The first-order chi connectivity index (χ1) is 10.4. The number of carbonyl (C=O) groups is 2. The summed E-state index contributed by atoms with van der Waals surface area (Å²) < 4.78 is 13.2. The molecule has 22 heavy (non-hydrogen) atoms. The van der Waals surface area contributed by atoms with E-state index in [9.17, 15) is 14.0 Å². The summed E-state index contributed by atoms with van der Waals surface area (Å²) >= 11 is 5.74. The van der Waals surface area contributed by atoms with E-state index in [0.717, 1.165) is 6.42 Å². The molecule has 3 N–H and O–H groups in total. The molecule has 2 unspecified atom stereocenters. The van der Waals surface area contributed by atoms with Gasteiger partial charge in [0.2, 0.25) is 11.8 Å². The predicted molar refractivity (Wildman–Crippen MR) is 83.2 cm³/mol. The van der Waals surface area contributed by atoms with E-state index in [-0.39, 0.29) is 16.8 Å². The van der Waals surface area contributed by atoms with Crippen LogP contribution in [0.4, 0.5) is 10.1 Å². The number of nitrogens with two attached hydrogens (primary N) is 1. The average molecular weight is 328 g/mol. The van der Waals surface area contributed by atoms with Crippen molar-refractivity contribution < 1.29 is 14.0 Å². The van der Waals surface area contributed by atoms with Crippen LogP contribution in [0, 0.1) is 5.82 Å². The lowest BCUT2D eigenvalue weighted by Crippen LogP contribution is -2.48. The Bertz CT molecular complexity index is 582. The minimum atomic E-state index is -0.605. The van der Waals surface area contributed by atoms with Crippen molar-refractivity contribution in [2.24, 2.45) is 5.73 Å². The third-order valence-electron chi connectivity index (χ3n) is 3.67. The van der Waals surface area contributed by atoms with Crippen molar-refractivity contribution in [2.75, 3.05) is 11.4 Å². The number of carbonyl (C=O) groups excluding carboxylic acids is 2. The van der Waals surface area contributed by atoms with Gasteiger partial charge < -0.3 is 16.0 Å². The van der Waals surface area contributed by atoms with E-state index in [2.05, 4.69) is 5.32 Å². The van der Waals surface area contributed by atoms with E-state index >= 15 is 0 Å². The van der Waals surface area contributed by atoms with E-state index in [0.29, 0.717) is 25.1 Å². The van der Waals surface area contributed by atoms with E-state index in [1.807, 2.05) is 6.92 Å². The number of anilines is 1. The maximum Gasteiger partial charge on any atom is 0.249 e. The number of nitrogens with one attached hydrogen (secondary N) is 1. The fourth-order valence-corrected chi connectivity index (χ4v) is 2.62. The van der Waals surface area contributed by atoms with Gasteiger partial charge in [0.25, 0.3) is 0 Å². The molecule has 120 valence electrons. The molecule has 2 rings (SSSR count). The SMILES string of the molecule is CCCC(N)C(=O)NC1CCN(c2ccc(F)c(Cl)c2)C1=O. The topological polar surface area (TPSA) is 75.4 Å². The third-order valence-corrected chi connectivity index (χ3v) is 3.96. The van der Waals surface area contributed by atoms with Crippen molar-refractivity contribution in [1.82, 2.24) is 5.32 Å². The summed E-state index contributed by atoms with van der Waals surface area (Å²) in [7, 11) is 0. The number of amides is 2. The molecule has 5 nitrogen and oxygen atoms in total. The summed E-state index contributed by atoms with van der Waals surface area (Å²) in [5.41, 5.74) is 6.26. The first-order valence-corrected chi connectivity index (χ1v) is 7.64. The molecule has 1 aromatic carbocycles. The number of benzene rings is 1. The van der Waals surface area contributed by atoms with Crippen LogP contribution >= 0.6 is 11.6 Å². The molecule has 1 heterocycles. The van der Waals surface area contributed by atoms with Gasteiger partial charge in [0.1, 0.15) is 11.9 Å². The molecule has 0 spiro atoms. The van der Waals surface area contributed by atoms with Crippen molar-refractivity contribution in [1.29, 1.82) is 0 Å². The van der Waals surface area contributed by atoms with Crippen LogP contribution in [-0.4, -0.2) is 30.4 Å². The minimum absolute atomic E-state index is 0.0391. The maximum absolute atomic E-state index is 13.2. The summed E-state index contributed by atoms with van der Waals surface area (Å²) in [6.45, 7) is 2.38. The van der Waals surface area contributed by atoms with Crippen LogP contribution in [-0.2, 0) is 9.59 Å². The fraction of sp³-hybridized carbons (Fsp3) is 0.467. The second kappa shape index (κ2) is 7.07. The Hall–Kier alpha value is -1.66. The molecule has 0 aliphatic carbocycles. The van der Waals surface area contributed by atoms with Gasteiger partial charge in [0.05, 0.1) is 11.1 Å². The van der Waals surface area contributed by atoms with E-state index in [1.54, 1.807) is 0 Å². The van der Waals surface area contributed by atoms with Crippen molar-refractivity contribution in [2.45, 2.75) is 38.3 Å². The molecule has 1 aliphatic rings. The summed E-state index contributed by atoms with van der Waals surface area (Å²) in [5.74, 6) is -1.09. The highest BCUT2D eigenvalue weighted by molar-refractivity contribution is 6.31. The second-order valence-corrected chi connectivity index (χ2v) is 5.74. The lowest BCUT2D eigenvalue weighted by atomic mass is 10.1. The molecule has 2 amide bonds. The molecule has 7 heteroatoms. The largest absolute Gasteiger partial charge is 0.343 e. The van der Waals surface area contributed by atoms with Gasteiger partial charge in [0.15, 0.2) is 0 Å². The van der Waals surface area contributed by atoms with Gasteiger partial charge in [-0.05, 0) is 31.0 Å². The van der Waals surface area contributed by atoms with Crippen molar-refractivity contribution in [3.63, 3.8) is 0 Å². The lowest BCUT2D eigenvalue weighted by Gasteiger charge is -2.18. The molecule has 0 radical (unpaired) electrons. The predicted octanol–water partition coefficient (Wildman–Crippen LogP) is 1.83. The molecular weight excluding hydrogens is 309 g/mol. The third kappa shape index (κ3) is 3.56. The normalized spacial score (nSPS) is 19.4. The zero-order valence-electron chi connectivity index (χ0n) is 12.3. The van der Waals surface area contributed by atoms with Crippen LogP contribution in [0.3, 0.4) is 0 Å². The first kappa shape index (κ1) is 16.7. The summed E-state index contributed by atoms with van der Waals surface area (Å²) in [5, 5.41) is 2.64. The van der Waals surface area contributed by atoms with Crippen LogP contribution in [0.1, 0.15) is 26.2 Å². The zero-order chi connectivity index (χ0) is 16.3. The first-order valence-electron chi connectivity index (χ1n) is 7.26. The Morgan fingerprint density at radius 1 is 1.59 bits per heavy atom. The highest BCUT2D eigenvalue weighted by atomic mass is 35.5. The van der Waals surface area contributed by atoms with E-state index < -0.39 is 17.9 Å². The quantitative estimate of drug-likeness (QED) is 0.866. The van der Waals surface area contributed by atoms with Crippen molar-refractivity contribution in [3.05, 3.63) is 29.0 Å². The molecule has 0 saturated carbocycles. The van der Waals surface area contributed by atoms with Gasteiger partial charge in [0, 0.05) is 12.2 Å². The Labute approximate surface area is 133 Å². The maximum atomic E-state index is 13.2. The Morgan fingerprint density at radius 3 is 2.95 bits per heavy atom. The number of nitrogens with zero attached hydrogens (tertiary/aromatic N) is 1. The lowest BCUT2D eigenvalue weighted by molar-refractivity contribution is -0.127. The van der Waals surface area contributed by atoms with Crippen molar-refractivity contribution >= 4 is 29.1 Å². The highest BCUT2D eigenvalue weighted by Gasteiger charge is 2.34. The molecule has 0 aromatic heterocycles. The van der Waals surface area contributed by atoms with Crippen LogP contribution in [0.25, 0.3) is 0 Å². The molecule has 0 bridgehead atoms. The van der Waals surface area contributed by atoms with Crippen molar-refractivity contribution in [3.8, 4) is 0 Å². The van der Waals surface area contributed by atoms with E-state index in [1.165, 1.54) is 23.1 Å². The van der Waals surface area contributed by atoms with Gasteiger partial charge in [-0.15, -0.1) is 0 Å². The molecular formula is C15H19ClFN3O2. The molecule has 1 saturated heterocycles. The average Bonchev–Trinajstić information content (AvgIpc) is 2.83. The number of rotatable bonds is 5. The number of halogens is 2. The summed E-state index contributed by atoms with van der Waals surface area (Å²) in [6, 6.07) is 2.91. The van der Waals surface area contributed by atoms with Crippen LogP contribution in [0.2, 0.25) is 5.02 Å². The van der Waals surface area contributed by atoms with Crippen LogP contribution < -0.4 is 16.0 Å². The highest BCUT2D eigenvalue weighted by Crippen LogP contribution is 2.26. The Morgan fingerprint density at radius 2 is 2.32 bits per heavy atom. The fourth-order valence-electron chi connectivity index (χ4n) is 2.44. The molecule has 1 fully saturated rings. The molecule has 1 aromatic rings. The van der Waals surface area contributed by atoms with E-state index in [4.69, 9.17) is 17.3 Å². The summed E-state index contributed by atoms with van der Waals surface area (Å²) in [4.78, 5) is 25.7. The van der Waals surface area contributed by atoms with Crippen LogP contribution in [0.15, 0.2) is 18.2 Å². The molecule has 2 atom stereocenters. The zero-order valence-corrected chi connectivity index (χ0v) is 13.1. The number of hydrogen-bond acceptors (Lipinski definition) is 3. The smallest absolute Gasteiger partial charge is 0.249 e. The molecule has 1 aliphatic heterocycles. The van der Waals surface area contributed by atoms with Gasteiger partial charge in [-0.3, -0.25) is 9.59 Å². The van der Waals surface area contributed by atoms with Gasteiger partial charge >= 0.3 is 0 Å². The van der Waals surface area contributed by atoms with Gasteiger partial charge in [-0.25, -0.2) is 4.39 Å². The van der Waals surface area contributed by atoms with Gasteiger partial charge in [-0.2, -0.15) is 0 Å². The van der Waals surface area contributed by atoms with Gasteiger partial charge in [-0.1, -0.05) is 24.9 Å². The second-order valence-electron chi connectivity index (χ2n) is 5.33. The Balaban J connectivity index is 2.03. The number of hydrogen-bond donors (Lipinski definition) is 2. The standard InChI is InChI=1S/C15H19ClFN3O2/c1-2-3-12(18)14(21)19-13-6-7-20(15(13)22)9-4-5-11(17)10(16)8-9/h4-5,8,12-13H,2-3,6-7,18H2,1H3,(H,19,21). The monoisotopic (exact) mass is 327 g/mol.